The summed E-state index contributed by atoms with van der Waals surface area (Å²) >= 11 is 0. The highest BCUT2D eigenvalue weighted by Crippen LogP contribution is 2.65. The number of aliphatic hydroxyl groups excluding tert-OH is 1. The molecule has 6 N–H and O–H groups in total. The van der Waals surface area contributed by atoms with Crippen LogP contribution in [0.25, 0.3) is 0 Å². The Kier molecular flexibility index (Phi) is 7.95. The van der Waals surface area contributed by atoms with E-state index in [1.54, 1.807) is 4.90 Å². The van der Waals surface area contributed by atoms with E-state index < -0.39 is 47.1 Å². The summed E-state index contributed by atoms with van der Waals surface area (Å²) in [5.74, 6) is -1.15. The minimum Gasteiger partial charge on any atom is -0.381 e. The standard InChI is InChI=1S/C27H47N5O5/c1-25(2,3)20(30-24(37)31-26(4,5)6)23(36)32-13-15-17(27(15,7)8)18(32)22(35)29-16(19(33)21(28)34)12-14-10-9-11-14/h14-20,33H,9-13H2,1-8H3,(H2,28,34)(H,29,35)(H2,30,31,37)/t15-,16?,17-,18-,19?,20+/m0/s1. The second-order valence-electron chi connectivity index (χ2n) is 14.0. The number of rotatable bonds is 8. The Morgan fingerprint density at radius 1 is 1.05 bits per heavy atom. The van der Waals surface area contributed by atoms with E-state index in [1.807, 2.05) is 41.5 Å². The number of amides is 5. The van der Waals surface area contributed by atoms with Gasteiger partial charge in [0.05, 0.1) is 6.04 Å². The molecule has 3 fully saturated rings. The first-order chi connectivity index (χ1) is 16.8. The number of aliphatic hydroxyl groups is 1. The van der Waals surface area contributed by atoms with Crippen LogP contribution in [0.15, 0.2) is 0 Å². The minimum absolute atomic E-state index is 0.0458. The lowest BCUT2D eigenvalue weighted by atomic mass is 9.79. The van der Waals surface area contributed by atoms with E-state index in [0.29, 0.717) is 18.9 Å². The molecule has 2 aliphatic carbocycles. The van der Waals surface area contributed by atoms with E-state index in [2.05, 4.69) is 29.8 Å². The molecular weight excluding hydrogens is 474 g/mol. The Labute approximate surface area is 220 Å². The van der Waals surface area contributed by atoms with Gasteiger partial charge < -0.3 is 31.7 Å². The van der Waals surface area contributed by atoms with Crippen LogP contribution >= 0.6 is 0 Å². The molecule has 1 saturated heterocycles. The summed E-state index contributed by atoms with van der Waals surface area (Å²) in [6.45, 7) is 15.8. The molecule has 10 nitrogen and oxygen atoms in total. The van der Waals surface area contributed by atoms with Crippen molar-refractivity contribution in [2.75, 3.05) is 6.54 Å². The monoisotopic (exact) mass is 521 g/mol. The lowest BCUT2D eigenvalue weighted by Gasteiger charge is -2.39. The van der Waals surface area contributed by atoms with Crippen LogP contribution in [0.5, 0.6) is 0 Å². The minimum atomic E-state index is -1.50. The van der Waals surface area contributed by atoms with Crippen molar-refractivity contribution in [3.05, 3.63) is 0 Å². The van der Waals surface area contributed by atoms with Crippen molar-refractivity contribution in [3.63, 3.8) is 0 Å². The summed E-state index contributed by atoms with van der Waals surface area (Å²) < 4.78 is 0. The maximum atomic E-state index is 13.9. The summed E-state index contributed by atoms with van der Waals surface area (Å²) in [6.07, 6.45) is 2.03. The number of nitrogens with zero attached hydrogens (tertiary/aromatic N) is 1. The molecule has 0 radical (unpaired) electrons. The van der Waals surface area contributed by atoms with Gasteiger partial charge in [-0.05, 0) is 55.8 Å². The number of primary amides is 1. The lowest BCUT2D eigenvalue weighted by molar-refractivity contribution is -0.144. The van der Waals surface area contributed by atoms with Gasteiger partial charge in [-0.2, -0.15) is 0 Å². The van der Waals surface area contributed by atoms with Gasteiger partial charge in [-0.15, -0.1) is 0 Å². The van der Waals surface area contributed by atoms with Gasteiger partial charge in [0.2, 0.25) is 17.7 Å². The fraction of sp³-hybridized carbons (Fsp3) is 0.852. The first kappa shape index (κ1) is 29.2. The van der Waals surface area contributed by atoms with Gasteiger partial charge in [-0.25, -0.2) is 4.79 Å². The number of nitrogens with one attached hydrogen (secondary N) is 3. The molecule has 1 aliphatic heterocycles. The van der Waals surface area contributed by atoms with E-state index in [-0.39, 0.29) is 29.1 Å². The second-order valence-corrected chi connectivity index (χ2v) is 14.0. The van der Waals surface area contributed by atoms with Gasteiger partial charge >= 0.3 is 6.03 Å². The third kappa shape index (κ3) is 6.38. The van der Waals surface area contributed by atoms with Crippen molar-refractivity contribution < 1.29 is 24.3 Å². The van der Waals surface area contributed by atoms with Gasteiger partial charge in [0.15, 0.2) is 6.10 Å². The number of nitrogens with two attached hydrogens (primary N) is 1. The molecule has 0 aromatic rings. The maximum Gasteiger partial charge on any atom is 0.315 e. The Hall–Kier alpha value is -2.36. The van der Waals surface area contributed by atoms with Crippen molar-refractivity contribution in [2.45, 2.75) is 111 Å². The molecule has 210 valence electrons. The third-order valence-electron chi connectivity index (χ3n) is 8.45. The number of fused-ring (bicyclic) bond motifs is 1. The van der Waals surface area contributed by atoms with Crippen LogP contribution in [0.4, 0.5) is 4.79 Å². The van der Waals surface area contributed by atoms with Crippen LogP contribution in [0.2, 0.25) is 0 Å². The highest BCUT2D eigenvalue weighted by molar-refractivity contribution is 5.94. The molecule has 0 bridgehead atoms. The first-order valence-corrected chi connectivity index (χ1v) is 13.5. The summed E-state index contributed by atoms with van der Waals surface area (Å²) in [5, 5.41) is 19.0. The largest absolute Gasteiger partial charge is 0.381 e. The lowest BCUT2D eigenvalue weighted by Crippen LogP contribution is -2.62. The number of hydrogen-bond acceptors (Lipinski definition) is 5. The molecule has 5 amide bonds. The van der Waals surface area contributed by atoms with E-state index >= 15 is 0 Å². The molecule has 3 aliphatic rings. The molecule has 0 spiro atoms. The number of carbonyl (C=O) groups excluding carboxylic acids is 4. The molecule has 6 atom stereocenters. The van der Waals surface area contributed by atoms with Gasteiger partial charge in [-0.3, -0.25) is 14.4 Å². The van der Waals surface area contributed by atoms with Gasteiger partial charge in [0.1, 0.15) is 12.1 Å². The molecular formula is C27H47N5O5. The fourth-order valence-electron chi connectivity index (χ4n) is 5.96. The molecule has 1 heterocycles. The van der Waals surface area contributed by atoms with E-state index in [9.17, 15) is 24.3 Å². The van der Waals surface area contributed by atoms with Gasteiger partial charge in [-0.1, -0.05) is 53.9 Å². The molecule has 10 heteroatoms. The molecule has 3 rings (SSSR count). The van der Waals surface area contributed by atoms with Gasteiger partial charge in [0, 0.05) is 12.1 Å². The zero-order chi connectivity index (χ0) is 28.1. The Morgan fingerprint density at radius 2 is 1.65 bits per heavy atom. The average Bonchev–Trinajstić information content (AvgIpc) is 3.06. The van der Waals surface area contributed by atoms with E-state index in [1.165, 1.54) is 0 Å². The number of likely N-dealkylation sites (tertiary alicyclic amines) is 1. The summed E-state index contributed by atoms with van der Waals surface area (Å²) in [6, 6.07) is -2.86. The molecule has 37 heavy (non-hydrogen) atoms. The summed E-state index contributed by atoms with van der Waals surface area (Å²) in [7, 11) is 0. The maximum absolute atomic E-state index is 13.9. The topological polar surface area (TPSA) is 154 Å². The highest BCUT2D eigenvalue weighted by Gasteiger charge is 2.69. The van der Waals surface area contributed by atoms with Gasteiger partial charge in [0.25, 0.3) is 0 Å². The van der Waals surface area contributed by atoms with Crippen LogP contribution in [-0.2, 0) is 14.4 Å². The predicted octanol–water partition coefficient (Wildman–Crippen LogP) is 1.50. The van der Waals surface area contributed by atoms with Crippen LogP contribution in [0.3, 0.4) is 0 Å². The molecule has 2 unspecified atom stereocenters. The number of piperidine rings is 1. The molecule has 2 saturated carbocycles. The third-order valence-corrected chi connectivity index (χ3v) is 8.45. The molecule has 0 aromatic heterocycles. The quantitative estimate of drug-likeness (QED) is 0.328. The predicted molar refractivity (Wildman–Crippen MR) is 140 cm³/mol. The van der Waals surface area contributed by atoms with Crippen molar-refractivity contribution in [1.82, 2.24) is 20.9 Å². The van der Waals surface area contributed by atoms with Crippen molar-refractivity contribution >= 4 is 23.8 Å². The fourth-order valence-corrected chi connectivity index (χ4v) is 5.96. The first-order valence-electron chi connectivity index (χ1n) is 13.5. The second kappa shape index (κ2) is 10.1. The summed E-state index contributed by atoms with van der Waals surface area (Å²) in [4.78, 5) is 53.7. The Bertz CT molecular complexity index is 917. The Balaban J connectivity index is 1.83. The van der Waals surface area contributed by atoms with Crippen molar-refractivity contribution in [3.8, 4) is 0 Å². The van der Waals surface area contributed by atoms with Crippen LogP contribution in [-0.4, -0.2) is 70.1 Å². The smallest absolute Gasteiger partial charge is 0.315 e. The zero-order valence-corrected chi connectivity index (χ0v) is 23.7. The summed E-state index contributed by atoms with van der Waals surface area (Å²) in [5.41, 5.74) is 4.19. The van der Waals surface area contributed by atoms with E-state index in [0.717, 1.165) is 19.3 Å². The van der Waals surface area contributed by atoms with Crippen molar-refractivity contribution in [2.24, 2.45) is 34.3 Å². The highest BCUT2D eigenvalue weighted by atomic mass is 16.3. The zero-order valence-electron chi connectivity index (χ0n) is 23.7. The average molecular weight is 522 g/mol. The van der Waals surface area contributed by atoms with Crippen molar-refractivity contribution in [1.29, 1.82) is 0 Å². The number of carbonyl (C=O) groups is 4. The number of urea groups is 1. The van der Waals surface area contributed by atoms with Crippen LogP contribution < -0.4 is 21.7 Å². The molecule has 0 aromatic carbocycles. The SMILES string of the molecule is CC(C)(C)NC(=O)N[C@H](C(=O)N1C[C@H]2[C@@H]([C@H]1C(=O)NC(CC1CCC1)C(O)C(N)=O)C2(C)C)C(C)(C)C. The van der Waals surface area contributed by atoms with Crippen LogP contribution in [0.1, 0.15) is 81.1 Å². The van der Waals surface area contributed by atoms with Crippen LogP contribution in [0, 0.1) is 28.6 Å². The van der Waals surface area contributed by atoms with E-state index in [4.69, 9.17) is 5.73 Å². The Morgan fingerprint density at radius 3 is 2.11 bits per heavy atom. The number of hydrogen-bond donors (Lipinski definition) is 5. The normalized spacial score (nSPS) is 27.3.